The molecular weight excluding hydrogens is 460 g/mol. The highest BCUT2D eigenvalue weighted by Gasteiger charge is 2.41. The normalized spacial score (nSPS) is 15.8. The van der Waals surface area contributed by atoms with Gasteiger partial charge in [0, 0.05) is 12.0 Å². The Bertz CT molecular complexity index is 1330. The zero-order valence-electron chi connectivity index (χ0n) is 19.3. The van der Waals surface area contributed by atoms with E-state index in [9.17, 15) is 19.2 Å². The van der Waals surface area contributed by atoms with E-state index >= 15 is 0 Å². The van der Waals surface area contributed by atoms with Crippen molar-refractivity contribution >= 4 is 23.9 Å². The minimum Gasteiger partial charge on any atom is -0.448 e. The van der Waals surface area contributed by atoms with Crippen LogP contribution < -0.4 is 0 Å². The van der Waals surface area contributed by atoms with Crippen molar-refractivity contribution in [2.75, 3.05) is 13.2 Å². The summed E-state index contributed by atoms with van der Waals surface area (Å²) in [5.41, 5.74) is 4.77. The molecule has 0 radical (unpaired) electrons. The summed E-state index contributed by atoms with van der Waals surface area (Å²) in [4.78, 5) is 57.1. The Balaban J connectivity index is 1.12. The number of benzene rings is 3. The van der Waals surface area contributed by atoms with Gasteiger partial charge in [0.15, 0.2) is 0 Å². The van der Waals surface area contributed by atoms with Crippen molar-refractivity contribution in [3.63, 3.8) is 0 Å². The minimum atomic E-state index is -0.884. The first kappa shape index (κ1) is 22.0. The Labute approximate surface area is 207 Å². The molecule has 1 aliphatic heterocycles. The van der Waals surface area contributed by atoms with Crippen molar-refractivity contribution in [3.8, 4) is 11.1 Å². The van der Waals surface area contributed by atoms with Crippen LogP contribution in [0.4, 0.5) is 4.79 Å². The van der Waals surface area contributed by atoms with Gasteiger partial charge in [0.05, 0.1) is 11.1 Å². The molecule has 0 saturated heterocycles. The van der Waals surface area contributed by atoms with E-state index in [1.54, 1.807) is 12.1 Å². The fourth-order valence-corrected chi connectivity index (χ4v) is 4.93. The third-order valence-electron chi connectivity index (χ3n) is 6.81. The monoisotopic (exact) mass is 482 g/mol. The van der Waals surface area contributed by atoms with E-state index in [1.807, 2.05) is 36.4 Å². The van der Waals surface area contributed by atoms with E-state index in [0.29, 0.717) is 5.06 Å². The Kier molecular flexibility index (Phi) is 5.29. The lowest BCUT2D eigenvalue weighted by Crippen LogP contribution is -2.42. The van der Waals surface area contributed by atoms with Crippen molar-refractivity contribution in [2.45, 2.75) is 24.8 Å². The molecule has 3 aromatic carbocycles. The van der Waals surface area contributed by atoms with Crippen LogP contribution in [0, 0.1) is 0 Å². The second-order valence-corrected chi connectivity index (χ2v) is 9.08. The van der Waals surface area contributed by atoms with Crippen LogP contribution in [0.1, 0.15) is 50.6 Å². The molecule has 1 heterocycles. The highest BCUT2D eigenvalue weighted by molar-refractivity contribution is 6.20. The number of rotatable bonds is 6. The largest absolute Gasteiger partial charge is 0.448 e. The van der Waals surface area contributed by atoms with Gasteiger partial charge in [0.1, 0.15) is 13.2 Å². The number of carbonyl (C=O) groups is 4. The quantitative estimate of drug-likeness (QED) is 0.490. The predicted molar refractivity (Wildman–Crippen MR) is 128 cm³/mol. The van der Waals surface area contributed by atoms with Gasteiger partial charge in [-0.15, -0.1) is 0 Å². The van der Waals surface area contributed by atoms with Crippen LogP contribution in [0.3, 0.4) is 0 Å². The molecule has 0 aromatic heterocycles. The SMILES string of the molecule is O=C(CN(C(=O)OCC1c2ccccc2-c2ccccc21)C1CC1)ON1C(=O)c2ccccc2C1=O. The first-order valence-corrected chi connectivity index (χ1v) is 11.8. The number of fused-ring (bicyclic) bond motifs is 4. The molecular formula is C28H22N2O6. The average Bonchev–Trinajstić information content (AvgIpc) is 3.66. The summed E-state index contributed by atoms with van der Waals surface area (Å²) in [6.45, 7) is -0.293. The third kappa shape index (κ3) is 3.71. The number of hydroxylamine groups is 2. The van der Waals surface area contributed by atoms with Crippen LogP contribution in [-0.2, 0) is 14.4 Å². The van der Waals surface area contributed by atoms with E-state index in [2.05, 4.69) is 12.1 Å². The average molecular weight is 482 g/mol. The molecule has 8 nitrogen and oxygen atoms in total. The Morgan fingerprint density at radius 2 is 1.28 bits per heavy atom. The molecule has 1 saturated carbocycles. The second kappa shape index (κ2) is 8.64. The maximum absolute atomic E-state index is 13.0. The van der Waals surface area contributed by atoms with Gasteiger partial charge in [-0.2, -0.15) is 0 Å². The van der Waals surface area contributed by atoms with Crippen molar-refractivity contribution in [1.82, 2.24) is 9.96 Å². The van der Waals surface area contributed by atoms with Gasteiger partial charge in [-0.05, 0) is 47.2 Å². The lowest BCUT2D eigenvalue weighted by atomic mass is 9.98. The van der Waals surface area contributed by atoms with E-state index in [1.165, 1.54) is 17.0 Å². The van der Waals surface area contributed by atoms with E-state index in [0.717, 1.165) is 35.1 Å². The van der Waals surface area contributed by atoms with Crippen LogP contribution >= 0.6 is 0 Å². The van der Waals surface area contributed by atoms with Crippen molar-refractivity contribution < 1.29 is 28.8 Å². The molecule has 36 heavy (non-hydrogen) atoms. The van der Waals surface area contributed by atoms with Crippen LogP contribution in [0.15, 0.2) is 72.8 Å². The Morgan fingerprint density at radius 1 is 0.778 bits per heavy atom. The van der Waals surface area contributed by atoms with Gasteiger partial charge in [0.25, 0.3) is 11.8 Å². The molecule has 3 aromatic rings. The summed E-state index contributed by atoms with van der Waals surface area (Å²) >= 11 is 0. The van der Waals surface area contributed by atoms with Gasteiger partial charge in [0.2, 0.25) is 0 Å². The zero-order chi connectivity index (χ0) is 24.8. The lowest BCUT2D eigenvalue weighted by molar-refractivity contribution is -0.169. The number of hydrogen-bond donors (Lipinski definition) is 0. The highest BCUT2D eigenvalue weighted by Crippen LogP contribution is 2.44. The van der Waals surface area contributed by atoms with Crippen molar-refractivity contribution in [1.29, 1.82) is 0 Å². The molecule has 3 aliphatic rings. The molecule has 0 spiro atoms. The first-order chi connectivity index (χ1) is 17.5. The number of hydrogen-bond acceptors (Lipinski definition) is 6. The number of ether oxygens (including phenoxy) is 1. The highest BCUT2D eigenvalue weighted by atomic mass is 16.7. The molecule has 1 fully saturated rings. The minimum absolute atomic E-state index is 0.104. The zero-order valence-corrected chi connectivity index (χ0v) is 19.3. The molecule has 0 bridgehead atoms. The molecule has 0 atom stereocenters. The molecule has 8 heteroatoms. The fraction of sp³-hybridized carbons (Fsp3) is 0.214. The molecule has 3 amide bonds. The molecule has 180 valence electrons. The van der Waals surface area contributed by atoms with Crippen LogP contribution in [-0.4, -0.2) is 53.0 Å². The van der Waals surface area contributed by atoms with Crippen LogP contribution in [0.25, 0.3) is 11.1 Å². The molecule has 6 rings (SSSR count). The maximum atomic E-state index is 13.0. The first-order valence-electron chi connectivity index (χ1n) is 11.8. The van der Waals surface area contributed by atoms with E-state index in [4.69, 9.17) is 9.57 Å². The van der Waals surface area contributed by atoms with Gasteiger partial charge >= 0.3 is 12.1 Å². The van der Waals surface area contributed by atoms with Crippen molar-refractivity contribution in [2.24, 2.45) is 0 Å². The van der Waals surface area contributed by atoms with Gasteiger partial charge < -0.3 is 9.57 Å². The second-order valence-electron chi connectivity index (χ2n) is 9.08. The summed E-state index contributed by atoms with van der Waals surface area (Å²) in [7, 11) is 0. The van der Waals surface area contributed by atoms with Crippen molar-refractivity contribution in [3.05, 3.63) is 95.1 Å². The number of amides is 3. The molecule has 0 N–H and O–H groups in total. The maximum Gasteiger partial charge on any atom is 0.410 e. The number of imide groups is 1. The van der Waals surface area contributed by atoms with Crippen LogP contribution in [0.2, 0.25) is 0 Å². The van der Waals surface area contributed by atoms with Gasteiger partial charge in [-0.25, -0.2) is 9.59 Å². The third-order valence-corrected chi connectivity index (χ3v) is 6.81. The molecule has 2 aliphatic carbocycles. The smallest absolute Gasteiger partial charge is 0.410 e. The summed E-state index contributed by atoms with van der Waals surface area (Å²) in [6, 6.07) is 22.2. The standard InChI is InChI=1S/C28H22N2O6/c31-25(36-30-26(32)22-11-5-6-12-23(22)27(30)33)15-29(17-13-14-17)28(34)35-16-24-20-9-3-1-7-18(20)19-8-2-4-10-21(19)24/h1-12,17,24H,13-16H2. The van der Waals surface area contributed by atoms with Gasteiger partial charge in [-0.3, -0.25) is 14.5 Å². The van der Waals surface area contributed by atoms with Crippen LogP contribution in [0.5, 0.6) is 0 Å². The Morgan fingerprint density at radius 3 is 1.81 bits per heavy atom. The summed E-state index contributed by atoms with van der Waals surface area (Å²) in [6.07, 6.45) is 0.855. The summed E-state index contributed by atoms with van der Waals surface area (Å²) in [5.74, 6) is -2.40. The number of nitrogens with zero attached hydrogens (tertiary/aromatic N) is 2. The Hall–Kier alpha value is -4.46. The predicted octanol–water partition coefficient (Wildman–Crippen LogP) is 4.15. The summed E-state index contributed by atoms with van der Waals surface area (Å²) in [5, 5.41) is 0.454. The van der Waals surface area contributed by atoms with Gasteiger partial charge in [-0.1, -0.05) is 65.7 Å². The molecule has 0 unspecified atom stereocenters. The topological polar surface area (TPSA) is 93.2 Å². The summed E-state index contributed by atoms with van der Waals surface area (Å²) < 4.78 is 5.70. The lowest BCUT2D eigenvalue weighted by Gasteiger charge is -2.23. The fourth-order valence-electron chi connectivity index (χ4n) is 4.93. The van der Waals surface area contributed by atoms with E-state index < -0.39 is 30.4 Å². The number of carbonyl (C=O) groups excluding carboxylic acids is 4. The van der Waals surface area contributed by atoms with E-state index in [-0.39, 0.29) is 29.7 Å².